The van der Waals surface area contributed by atoms with Gasteiger partial charge in [-0.1, -0.05) is 0 Å². The molecule has 0 spiro atoms. The van der Waals surface area contributed by atoms with Crippen molar-refractivity contribution in [2.24, 2.45) is 11.8 Å². The van der Waals surface area contributed by atoms with Crippen LogP contribution >= 0.6 is 0 Å². The highest BCUT2D eigenvalue weighted by Crippen LogP contribution is 2.31. The number of alkyl halides is 1. The van der Waals surface area contributed by atoms with Crippen molar-refractivity contribution in [2.75, 3.05) is 11.5 Å². The summed E-state index contributed by atoms with van der Waals surface area (Å²) < 4.78 is 35.7. The Labute approximate surface area is 94.8 Å². The average molecular weight is 252 g/mol. The van der Waals surface area contributed by atoms with E-state index in [0.717, 1.165) is 0 Å². The smallest absolute Gasteiger partial charge is 0.303 e. The molecule has 1 heterocycles. The Balaban J connectivity index is 2.63. The van der Waals surface area contributed by atoms with E-state index in [-0.39, 0.29) is 23.8 Å². The van der Waals surface area contributed by atoms with E-state index in [1.807, 2.05) is 0 Å². The molecule has 16 heavy (non-hydrogen) atoms. The lowest BCUT2D eigenvalue weighted by molar-refractivity contribution is -0.139. The van der Waals surface area contributed by atoms with Gasteiger partial charge in [-0.15, -0.1) is 0 Å². The predicted molar refractivity (Wildman–Crippen MR) is 57.7 cm³/mol. The molecule has 0 aromatic rings. The lowest BCUT2D eigenvalue weighted by atomic mass is 9.82. The molecule has 1 saturated heterocycles. The van der Waals surface area contributed by atoms with Crippen LogP contribution in [0.5, 0.6) is 0 Å². The van der Waals surface area contributed by atoms with E-state index in [4.69, 9.17) is 5.11 Å². The molecule has 2 unspecified atom stereocenters. The maximum atomic E-state index is 13.3. The molecule has 6 heteroatoms. The molecule has 94 valence electrons. The fourth-order valence-electron chi connectivity index (χ4n) is 2.24. The number of carbonyl (C=O) groups is 1. The van der Waals surface area contributed by atoms with Gasteiger partial charge in [0.05, 0.1) is 17.9 Å². The normalized spacial score (nSPS) is 24.9. The number of hydrogen-bond donors (Lipinski definition) is 1. The summed E-state index contributed by atoms with van der Waals surface area (Å²) in [5.41, 5.74) is 0. The highest BCUT2D eigenvalue weighted by molar-refractivity contribution is 7.91. The van der Waals surface area contributed by atoms with Crippen LogP contribution in [0.3, 0.4) is 0 Å². The van der Waals surface area contributed by atoms with E-state index < -0.39 is 27.9 Å². The number of sulfone groups is 1. The Morgan fingerprint density at radius 1 is 1.44 bits per heavy atom. The van der Waals surface area contributed by atoms with Crippen molar-refractivity contribution in [3.63, 3.8) is 0 Å². The van der Waals surface area contributed by atoms with Gasteiger partial charge in [0.2, 0.25) is 0 Å². The Morgan fingerprint density at radius 3 is 2.31 bits per heavy atom. The quantitative estimate of drug-likeness (QED) is 0.817. The Bertz CT molecular complexity index is 336. The largest absolute Gasteiger partial charge is 0.481 e. The summed E-state index contributed by atoms with van der Waals surface area (Å²) in [6, 6.07) is 0. The summed E-state index contributed by atoms with van der Waals surface area (Å²) in [5.74, 6) is -1.60. The number of carboxylic acid groups (broad SMARTS) is 1. The third kappa shape index (κ3) is 3.73. The third-order valence-electron chi connectivity index (χ3n) is 3.21. The number of hydrogen-bond acceptors (Lipinski definition) is 3. The van der Waals surface area contributed by atoms with Crippen molar-refractivity contribution in [3.05, 3.63) is 0 Å². The molecule has 1 fully saturated rings. The van der Waals surface area contributed by atoms with Crippen LogP contribution in [0, 0.1) is 11.8 Å². The molecule has 1 rings (SSSR count). The summed E-state index contributed by atoms with van der Waals surface area (Å²) in [6.45, 7) is 1.34. The highest BCUT2D eigenvalue weighted by atomic mass is 32.2. The van der Waals surface area contributed by atoms with Crippen molar-refractivity contribution in [1.82, 2.24) is 0 Å². The number of halogens is 1. The van der Waals surface area contributed by atoms with E-state index in [9.17, 15) is 17.6 Å². The van der Waals surface area contributed by atoms with Gasteiger partial charge in [0.25, 0.3) is 0 Å². The lowest BCUT2D eigenvalue weighted by Crippen LogP contribution is -2.33. The maximum absolute atomic E-state index is 13.3. The standard InChI is InChI=1S/C10H17FO4S/c1-7(11)9(6-10(12)13)8-2-4-16(14,15)5-3-8/h7-9H,2-6H2,1H3,(H,12,13). The van der Waals surface area contributed by atoms with Gasteiger partial charge in [-0.2, -0.15) is 0 Å². The Hall–Kier alpha value is -0.650. The molecule has 0 saturated carbocycles. The van der Waals surface area contributed by atoms with Gasteiger partial charge in [0.15, 0.2) is 0 Å². The zero-order chi connectivity index (χ0) is 12.3. The highest BCUT2D eigenvalue weighted by Gasteiger charge is 2.33. The first-order valence-electron chi connectivity index (χ1n) is 5.38. The van der Waals surface area contributed by atoms with Gasteiger partial charge >= 0.3 is 5.97 Å². The summed E-state index contributed by atoms with van der Waals surface area (Å²) in [5, 5.41) is 8.68. The molecule has 0 amide bonds. The van der Waals surface area contributed by atoms with Gasteiger partial charge in [0.1, 0.15) is 16.0 Å². The van der Waals surface area contributed by atoms with Crippen LogP contribution in [0.1, 0.15) is 26.2 Å². The number of carboxylic acids is 1. The van der Waals surface area contributed by atoms with E-state index in [2.05, 4.69) is 0 Å². The van der Waals surface area contributed by atoms with Crippen LogP contribution in [0.15, 0.2) is 0 Å². The fourth-order valence-corrected chi connectivity index (χ4v) is 3.77. The van der Waals surface area contributed by atoms with Crippen molar-refractivity contribution >= 4 is 15.8 Å². The van der Waals surface area contributed by atoms with Crippen LogP contribution in [0.4, 0.5) is 4.39 Å². The molecule has 1 aliphatic heterocycles. The van der Waals surface area contributed by atoms with Crippen LogP contribution in [-0.2, 0) is 14.6 Å². The molecule has 0 aromatic carbocycles. The van der Waals surface area contributed by atoms with E-state index >= 15 is 0 Å². The molecular formula is C10H17FO4S. The van der Waals surface area contributed by atoms with Gasteiger partial charge in [-0.3, -0.25) is 4.79 Å². The minimum Gasteiger partial charge on any atom is -0.481 e. The van der Waals surface area contributed by atoms with E-state index in [1.165, 1.54) is 6.92 Å². The van der Waals surface area contributed by atoms with E-state index in [1.54, 1.807) is 0 Å². The topological polar surface area (TPSA) is 71.4 Å². The van der Waals surface area contributed by atoms with Crippen LogP contribution in [0.25, 0.3) is 0 Å². The fraction of sp³-hybridized carbons (Fsp3) is 0.900. The Kier molecular flexibility index (Phi) is 4.29. The SMILES string of the molecule is CC(F)C(CC(=O)O)C1CCS(=O)(=O)CC1. The van der Waals surface area contributed by atoms with Gasteiger partial charge < -0.3 is 5.11 Å². The molecule has 0 radical (unpaired) electrons. The van der Waals surface area contributed by atoms with Crippen LogP contribution in [0.2, 0.25) is 0 Å². The second kappa shape index (κ2) is 5.12. The minimum absolute atomic E-state index is 0.0561. The predicted octanol–water partition coefficient (Wildman–Crippen LogP) is 1.26. The van der Waals surface area contributed by atoms with Crippen molar-refractivity contribution in [2.45, 2.75) is 32.4 Å². The Morgan fingerprint density at radius 2 is 1.94 bits per heavy atom. The third-order valence-corrected chi connectivity index (χ3v) is 4.92. The van der Waals surface area contributed by atoms with Crippen molar-refractivity contribution < 1.29 is 22.7 Å². The zero-order valence-electron chi connectivity index (χ0n) is 9.23. The lowest BCUT2D eigenvalue weighted by Gasteiger charge is -2.30. The van der Waals surface area contributed by atoms with E-state index in [0.29, 0.717) is 12.8 Å². The maximum Gasteiger partial charge on any atom is 0.303 e. The first kappa shape index (κ1) is 13.4. The van der Waals surface area contributed by atoms with Gasteiger partial charge in [-0.25, -0.2) is 12.8 Å². The van der Waals surface area contributed by atoms with Gasteiger partial charge in [-0.05, 0) is 25.7 Å². The molecule has 1 aliphatic rings. The number of aliphatic carboxylic acids is 1. The average Bonchev–Trinajstić information content (AvgIpc) is 2.14. The second-order valence-corrected chi connectivity index (χ2v) is 6.73. The summed E-state index contributed by atoms with van der Waals surface area (Å²) in [7, 11) is -2.97. The molecule has 0 aromatic heterocycles. The number of rotatable bonds is 4. The van der Waals surface area contributed by atoms with Crippen molar-refractivity contribution in [3.8, 4) is 0 Å². The minimum atomic E-state index is -2.97. The molecule has 4 nitrogen and oxygen atoms in total. The molecule has 0 bridgehead atoms. The molecular weight excluding hydrogens is 235 g/mol. The second-order valence-electron chi connectivity index (χ2n) is 4.43. The first-order valence-corrected chi connectivity index (χ1v) is 7.20. The summed E-state index contributed by atoms with van der Waals surface area (Å²) in [6.07, 6.45) is -0.659. The molecule has 2 atom stereocenters. The first-order chi connectivity index (χ1) is 7.32. The monoisotopic (exact) mass is 252 g/mol. The van der Waals surface area contributed by atoms with Gasteiger partial charge in [0, 0.05) is 5.92 Å². The summed E-state index contributed by atoms with van der Waals surface area (Å²) >= 11 is 0. The zero-order valence-corrected chi connectivity index (χ0v) is 10.0. The van der Waals surface area contributed by atoms with Crippen molar-refractivity contribution in [1.29, 1.82) is 0 Å². The van der Waals surface area contributed by atoms with Crippen LogP contribution < -0.4 is 0 Å². The summed E-state index contributed by atoms with van der Waals surface area (Å²) in [4.78, 5) is 10.6. The molecule has 1 N–H and O–H groups in total. The van der Waals surface area contributed by atoms with Crippen LogP contribution in [-0.4, -0.2) is 37.2 Å². The molecule has 0 aliphatic carbocycles.